The van der Waals surface area contributed by atoms with Gasteiger partial charge in [0.25, 0.3) is 0 Å². The highest BCUT2D eigenvalue weighted by atomic mass is 79.9. The summed E-state index contributed by atoms with van der Waals surface area (Å²) >= 11 is 5.20. The van der Waals surface area contributed by atoms with Gasteiger partial charge < -0.3 is 0 Å². The first-order chi connectivity index (χ1) is 16.7. The largest absolute Gasteiger partial charge is 0.226 e. The zero-order chi connectivity index (χ0) is 23.3. The van der Waals surface area contributed by atoms with Crippen LogP contribution in [0.15, 0.2) is 94.6 Å². The zero-order valence-electron chi connectivity index (χ0n) is 18.7. The highest BCUT2D eigenvalue weighted by Crippen LogP contribution is 2.33. The number of aromatic nitrogens is 6. The normalized spacial score (nSPS) is 11.1. The van der Waals surface area contributed by atoms with Crippen molar-refractivity contribution in [3.05, 3.63) is 106 Å². The lowest BCUT2D eigenvalue weighted by Crippen LogP contribution is -2.04. The van der Waals surface area contributed by atoms with E-state index in [2.05, 4.69) is 86.8 Å². The van der Waals surface area contributed by atoms with E-state index in [1.807, 2.05) is 41.2 Å². The van der Waals surface area contributed by atoms with Gasteiger partial charge in [0, 0.05) is 10.2 Å². The van der Waals surface area contributed by atoms with Gasteiger partial charge in [-0.15, -0.1) is 22.0 Å². The SMILES string of the molecule is CCc1ccc(-n2ncc(-c3nnn(Cc4ccc(Br)cc4)n3)c2SCc2ccccc2)cc1. The fraction of sp³-hybridized carbons (Fsp3) is 0.154. The van der Waals surface area contributed by atoms with Crippen molar-refractivity contribution in [3.8, 4) is 17.1 Å². The van der Waals surface area contributed by atoms with Crippen molar-refractivity contribution < 1.29 is 0 Å². The first-order valence-electron chi connectivity index (χ1n) is 11.1. The third-order valence-electron chi connectivity index (χ3n) is 5.46. The average molecular weight is 531 g/mol. The summed E-state index contributed by atoms with van der Waals surface area (Å²) in [7, 11) is 0. The molecule has 5 aromatic rings. The summed E-state index contributed by atoms with van der Waals surface area (Å²) in [5, 5.41) is 19.0. The monoisotopic (exact) mass is 530 g/mol. The summed E-state index contributed by atoms with van der Waals surface area (Å²) in [6.07, 6.45) is 2.84. The molecule has 0 atom stereocenters. The van der Waals surface area contributed by atoms with Gasteiger partial charge >= 0.3 is 0 Å². The Balaban J connectivity index is 1.46. The predicted molar refractivity (Wildman–Crippen MR) is 139 cm³/mol. The molecule has 0 spiro atoms. The van der Waals surface area contributed by atoms with Crippen molar-refractivity contribution in [1.29, 1.82) is 0 Å². The molecule has 0 aliphatic rings. The van der Waals surface area contributed by atoms with Crippen LogP contribution >= 0.6 is 27.7 Å². The highest BCUT2D eigenvalue weighted by molar-refractivity contribution is 9.10. The molecule has 0 fully saturated rings. The van der Waals surface area contributed by atoms with Crippen LogP contribution in [0.1, 0.15) is 23.6 Å². The number of aryl methyl sites for hydroxylation is 1. The number of benzene rings is 3. The van der Waals surface area contributed by atoms with Gasteiger partial charge in [0.15, 0.2) is 0 Å². The van der Waals surface area contributed by atoms with E-state index in [1.54, 1.807) is 16.6 Å². The van der Waals surface area contributed by atoms with Crippen molar-refractivity contribution in [3.63, 3.8) is 0 Å². The van der Waals surface area contributed by atoms with Crippen LogP contribution in [0.25, 0.3) is 17.1 Å². The molecule has 34 heavy (non-hydrogen) atoms. The van der Waals surface area contributed by atoms with E-state index in [1.165, 1.54) is 11.1 Å². The summed E-state index contributed by atoms with van der Waals surface area (Å²) in [6, 6.07) is 27.1. The second-order valence-corrected chi connectivity index (χ2v) is 9.72. The standard InChI is InChI=1S/C26H23BrN6S/c1-2-19-10-14-23(15-11-19)33-26(34-18-21-6-4-3-5-7-21)24(16-28-33)25-29-31-32(30-25)17-20-8-12-22(27)13-9-20/h3-16H,2,17-18H2,1H3. The van der Waals surface area contributed by atoms with E-state index in [9.17, 15) is 0 Å². The molecule has 0 N–H and O–H groups in total. The maximum Gasteiger partial charge on any atom is 0.209 e. The molecule has 0 bridgehead atoms. The summed E-state index contributed by atoms with van der Waals surface area (Å²) in [4.78, 5) is 1.62. The Hall–Kier alpha value is -3.23. The number of thioether (sulfide) groups is 1. The molecular formula is C26H23BrN6S. The number of rotatable bonds is 8. The molecule has 2 aromatic heterocycles. The van der Waals surface area contributed by atoms with E-state index < -0.39 is 0 Å². The maximum atomic E-state index is 4.71. The van der Waals surface area contributed by atoms with E-state index in [-0.39, 0.29) is 0 Å². The molecule has 3 aromatic carbocycles. The molecular weight excluding hydrogens is 508 g/mol. The molecule has 8 heteroatoms. The molecule has 0 aliphatic carbocycles. The molecule has 0 aliphatic heterocycles. The molecule has 2 heterocycles. The Kier molecular flexibility index (Phi) is 6.87. The van der Waals surface area contributed by atoms with Crippen LogP contribution in [0.4, 0.5) is 0 Å². The Labute approximate surface area is 211 Å². The highest BCUT2D eigenvalue weighted by Gasteiger charge is 2.19. The lowest BCUT2D eigenvalue weighted by atomic mass is 10.1. The summed E-state index contributed by atoms with van der Waals surface area (Å²) in [6.45, 7) is 2.71. The average Bonchev–Trinajstić information content (AvgIpc) is 3.52. The molecule has 170 valence electrons. The summed E-state index contributed by atoms with van der Waals surface area (Å²) < 4.78 is 3.01. The molecule has 0 amide bonds. The van der Waals surface area contributed by atoms with Crippen LogP contribution in [-0.2, 0) is 18.7 Å². The fourth-order valence-corrected chi connectivity index (χ4v) is 4.92. The van der Waals surface area contributed by atoms with Gasteiger partial charge in [-0.1, -0.05) is 77.5 Å². The van der Waals surface area contributed by atoms with Crippen molar-refractivity contribution in [2.45, 2.75) is 30.7 Å². The number of nitrogens with zero attached hydrogens (tertiary/aromatic N) is 6. The first kappa shape index (κ1) is 22.6. The maximum absolute atomic E-state index is 4.71. The van der Waals surface area contributed by atoms with Crippen LogP contribution in [-0.4, -0.2) is 30.0 Å². The first-order valence-corrected chi connectivity index (χ1v) is 12.8. The van der Waals surface area contributed by atoms with Crippen molar-refractivity contribution >= 4 is 27.7 Å². The van der Waals surface area contributed by atoms with Crippen LogP contribution < -0.4 is 0 Å². The van der Waals surface area contributed by atoms with E-state index >= 15 is 0 Å². The minimum Gasteiger partial charge on any atom is -0.226 e. The molecule has 0 saturated carbocycles. The Morgan fingerprint density at radius 1 is 0.853 bits per heavy atom. The lowest BCUT2D eigenvalue weighted by Gasteiger charge is -2.09. The summed E-state index contributed by atoms with van der Waals surface area (Å²) in [5.74, 6) is 1.39. The number of tetrazole rings is 1. The van der Waals surface area contributed by atoms with Gasteiger partial charge in [-0.25, -0.2) is 4.68 Å². The number of hydrogen-bond donors (Lipinski definition) is 0. The minimum absolute atomic E-state index is 0.555. The number of halogens is 1. The van der Waals surface area contributed by atoms with Crippen molar-refractivity contribution in [2.24, 2.45) is 0 Å². The Morgan fingerprint density at radius 3 is 2.32 bits per heavy atom. The predicted octanol–water partition coefficient (Wildman–Crippen LogP) is 6.19. The molecule has 5 rings (SSSR count). The van der Waals surface area contributed by atoms with E-state index in [0.29, 0.717) is 12.4 Å². The zero-order valence-corrected chi connectivity index (χ0v) is 21.1. The Bertz CT molecular complexity index is 1360. The van der Waals surface area contributed by atoms with Gasteiger partial charge in [-0.05, 0) is 52.6 Å². The minimum atomic E-state index is 0.555. The van der Waals surface area contributed by atoms with E-state index in [0.717, 1.165) is 38.5 Å². The Morgan fingerprint density at radius 2 is 1.59 bits per heavy atom. The van der Waals surface area contributed by atoms with Gasteiger partial charge in [0.2, 0.25) is 5.82 Å². The van der Waals surface area contributed by atoms with Crippen LogP contribution in [0.5, 0.6) is 0 Å². The molecule has 6 nitrogen and oxygen atoms in total. The summed E-state index contributed by atoms with van der Waals surface area (Å²) in [5.41, 5.74) is 5.55. The van der Waals surface area contributed by atoms with Gasteiger partial charge in [-0.2, -0.15) is 9.90 Å². The molecule has 0 unspecified atom stereocenters. The second-order valence-electron chi connectivity index (χ2n) is 7.84. The van der Waals surface area contributed by atoms with E-state index in [4.69, 9.17) is 5.10 Å². The van der Waals surface area contributed by atoms with Crippen LogP contribution in [0.3, 0.4) is 0 Å². The molecule has 0 radical (unpaired) electrons. The topological polar surface area (TPSA) is 61.4 Å². The third kappa shape index (κ3) is 5.13. The van der Waals surface area contributed by atoms with Crippen LogP contribution in [0, 0.1) is 0 Å². The number of hydrogen-bond acceptors (Lipinski definition) is 5. The van der Waals surface area contributed by atoms with Gasteiger partial charge in [0.05, 0.1) is 24.0 Å². The smallest absolute Gasteiger partial charge is 0.209 e. The third-order valence-corrected chi connectivity index (χ3v) is 7.14. The fourth-order valence-electron chi connectivity index (χ4n) is 3.58. The lowest BCUT2D eigenvalue weighted by molar-refractivity contribution is 0.573. The van der Waals surface area contributed by atoms with Crippen molar-refractivity contribution in [1.82, 2.24) is 30.0 Å². The molecule has 0 saturated heterocycles. The van der Waals surface area contributed by atoms with Crippen molar-refractivity contribution in [2.75, 3.05) is 0 Å². The van der Waals surface area contributed by atoms with Crippen LogP contribution in [0.2, 0.25) is 0 Å². The quantitative estimate of drug-likeness (QED) is 0.224. The van der Waals surface area contributed by atoms with Gasteiger partial charge in [0.1, 0.15) is 5.03 Å². The van der Waals surface area contributed by atoms with Gasteiger partial charge in [-0.3, -0.25) is 0 Å². The second kappa shape index (κ2) is 10.4.